The predicted molar refractivity (Wildman–Crippen MR) is 55.7 cm³/mol. The van der Waals surface area contributed by atoms with E-state index in [2.05, 4.69) is 5.32 Å². The van der Waals surface area contributed by atoms with Crippen LogP contribution in [0.5, 0.6) is 11.5 Å². The van der Waals surface area contributed by atoms with E-state index in [1.807, 2.05) is 0 Å². The zero-order chi connectivity index (χ0) is 11.6. The van der Waals surface area contributed by atoms with Gasteiger partial charge in [0.25, 0.3) is 5.91 Å². The van der Waals surface area contributed by atoms with Crippen molar-refractivity contribution in [1.82, 2.24) is 5.32 Å². The van der Waals surface area contributed by atoms with E-state index in [0.717, 1.165) is 6.07 Å². The van der Waals surface area contributed by atoms with E-state index < -0.39 is 17.4 Å². The number of amides is 1. The van der Waals surface area contributed by atoms with E-state index in [1.54, 1.807) is 0 Å². The number of hydrogen-bond acceptors (Lipinski definition) is 4. The number of phenolic OH excluding ortho intramolecular Hbond substituents is 2. The van der Waals surface area contributed by atoms with Crippen LogP contribution in [0.4, 0.5) is 0 Å². The van der Waals surface area contributed by atoms with E-state index in [4.69, 9.17) is 22.1 Å². The van der Waals surface area contributed by atoms with Crippen molar-refractivity contribution in [1.29, 1.82) is 5.41 Å². The topological polar surface area (TPSA) is 93.4 Å². The molecular formula is C9H9ClN2O3. The number of aromatic hydroxyl groups is 2. The number of benzene rings is 1. The molecule has 1 aromatic rings. The summed E-state index contributed by atoms with van der Waals surface area (Å²) in [7, 11) is 1.39. The molecule has 6 heteroatoms. The summed E-state index contributed by atoms with van der Waals surface area (Å²) in [6, 6.07) is 2.33. The molecule has 0 unspecified atom stereocenters. The molecule has 5 nitrogen and oxygen atoms in total. The van der Waals surface area contributed by atoms with Crippen molar-refractivity contribution in [3.63, 3.8) is 0 Å². The van der Waals surface area contributed by atoms with Gasteiger partial charge in [-0.3, -0.25) is 10.2 Å². The molecule has 0 heterocycles. The minimum Gasteiger partial charge on any atom is -0.504 e. The van der Waals surface area contributed by atoms with E-state index in [0.29, 0.717) is 0 Å². The minimum absolute atomic E-state index is 0.112. The smallest absolute Gasteiger partial charge is 0.269 e. The average Bonchev–Trinajstić information content (AvgIpc) is 2.23. The molecule has 1 rings (SSSR count). The third-order valence-electron chi connectivity index (χ3n) is 1.79. The number of halogens is 1. The lowest BCUT2D eigenvalue weighted by atomic mass is 10.1. The summed E-state index contributed by atoms with van der Waals surface area (Å²) < 4.78 is 0. The van der Waals surface area contributed by atoms with Crippen molar-refractivity contribution in [3.05, 3.63) is 22.7 Å². The quantitative estimate of drug-likeness (QED) is 0.447. The Hall–Kier alpha value is -1.75. The van der Waals surface area contributed by atoms with Crippen LogP contribution in [0.1, 0.15) is 5.56 Å². The monoisotopic (exact) mass is 228 g/mol. The Balaban J connectivity index is 3.17. The number of nitrogens with one attached hydrogen (secondary N) is 2. The number of carbonyl (C=O) groups is 1. The number of rotatable bonds is 2. The second kappa shape index (κ2) is 4.18. The van der Waals surface area contributed by atoms with Crippen LogP contribution >= 0.6 is 11.6 Å². The molecule has 1 aromatic carbocycles. The van der Waals surface area contributed by atoms with Gasteiger partial charge in [-0.1, -0.05) is 11.6 Å². The van der Waals surface area contributed by atoms with Gasteiger partial charge in [0, 0.05) is 12.6 Å². The van der Waals surface area contributed by atoms with Crippen molar-refractivity contribution < 1.29 is 15.0 Å². The first-order chi connectivity index (χ1) is 6.97. The third-order valence-corrected chi connectivity index (χ3v) is 2.07. The number of phenols is 2. The molecule has 4 N–H and O–H groups in total. The Morgan fingerprint density at radius 3 is 2.53 bits per heavy atom. The van der Waals surface area contributed by atoms with Crippen LogP contribution in [-0.2, 0) is 4.79 Å². The van der Waals surface area contributed by atoms with E-state index in [-0.39, 0.29) is 16.3 Å². The molecule has 80 valence electrons. The molecule has 0 saturated carbocycles. The van der Waals surface area contributed by atoms with Gasteiger partial charge in [-0.25, -0.2) is 0 Å². The molecule has 0 bridgehead atoms. The maximum Gasteiger partial charge on any atom is 0.269 e. The maximum absolute atomic E-state index is 11.1. The fraction of sp³-hybridized carbons (Fsp3) is 0.111. The molecule has 0 radical (unpaired) electrons. The van der Waals surface area contributed by atoms with Crippen LogP contribution in [0, 0.1) is 5.41 Å². The summed E-state index contributed by atoms with van der Waals surface area (Å²) >= 11 is 5.57. The lowest BCUT2D eigenvalue weighted by Crippen LogP contribution is -2.27. The molecule has 0 aliphatic carbocycles. The SMILES string of the molecule is CNC(=O)C(=N)c1cc(O)c(O)c(Cl)c1. The molecule has 0 aliphatic heterocycles. The lowest BCUT2D eigenvalue weighted by molar-refractivity contribution is -0.114. The summed E-state index contributed by atoms with van der Waals surface area (Å²) in [5.74, 6) is -1.53. The summed E-state index contributed by atoms with van der Waals surface area (Å²) in [6.07, 6.45) is 0. The number of likely N-dealkylation sites (N-methyl/N-ethyl adjacent to an activating group) is 1. The largest absolute Gasteiger partial charge is 0.504 e. The normalized spacial score (nSPS) is 9.73. The molecule has 15 heavy (non-hydrogen) atoms. The highest BCUT2D eigenvalue weighted by molar-refractivity contribution is 6.44. The highest BCUT2D eigenvalue weighted by Gasteiger charge is 2.14. The minimum atomic E-state index is -0.601. The van der Waals surface area contributed by atoms with Crippen molar-refractivity contribution in [2.45, 2.75) is 0 Å². The second-order valence-corrected chi connectivity index (χ2v) is 3.19. The van der Waals surface area contributed by atoms with Crippen LogP contribution in [-0.4, -0.2) is 28.9 Å². The third kappa shape index (κ3) is 2.19. The second-order valence-electron chi connectivity index (χ2n) is 2.78. The van der Waals surface area contributed by atoms with Gasteiger partial charge in [-0.05, 0) is 12.1 Å². The van der Waals surface area contributed by atoms with Crippen LogP contribution in [0.2, 0.25) is 5.02 Å². The molecule has 1 amide bonds. The van der Waals surface area contributed by atoms with Crippen molar-refractivity contribution in [2.24, 2.45) is 0 Å². The Labute approximate surface area is 90.8 Å². The molecule has 0 fully saturated rings. The average molecular weight is 229 g/mol. The summed E-state index contributed by atoms with van der Waals surface area (Å²) in [4.78, 5) is 11.1. The molecule has 0 aliphatic rings. The van der Waals surface area contributed by atoms with Crippen molar-refractivity contribution >= 4 is 23.2 Å². The van der Waals surface area contributed by atoms with Gasteiger partial charge in [0.05, 0.1) is 5.02 Å². The Morgan fingerprint density at radius 1 is 1.47 bits per heavy atom. The van der Waals surface area contributed by atoms with Crippen LogP contribution in [0.3, 0.4) is 0 Å². The first kappa shape index (κ1) is 11.3. The summed E-state index contributed by atoms with van der Waals surface area (Å²) in [5.41, 5.74) is -0.204. The molecule has 0 atom stereocenters. The zero-order valence-electron chi connectivity index (χ0n) is 7.84. The maximum atomic E-state index is 11.1. The highest BCUT2D eigenvalue weighted by Crippen LogP contribution is 2.33. The standard InChI is InChI=1S/C9H9ClN2O3/c1-12-9(15)7(11)4-2-5(10)8(14)6(13)3-4/h2-3,11,13-14H,1H3,(H,12,15). The summed E-state index contributed by atoms with van der Waals surface area (Å²) in [5, 5.41) is 28.0. The Kier molecular flexibility index (Phi) is 3.16. The number of hydrogen-bond donors (Lipinski definition) is 4. The van der Waals surface area contributed by atoms with Gasteiger partial charge in [0.1, 0.15) is 5.71 Å². The fourth-order valence-corrected chi connectivity index (χ4v) is 1.20. The van der Waals surface area contributed by atoms with E-state index in [9.17, 15) is 9.90 Å². The molecular weight excluding hydrogens is 220 g/mol. The van der Waals surface area contributed by atoms with E-state index >= 15 is 0 Å². The van der Waals surface area contributed by atoms with Gasteiger partial charge in [0.2, 0.25) is 0 Å². The van der Waals surface area contributed by atoms with Gasteiger partial charge >= 0.3 is 0 Å². The fourth-order valence-electron chi connectivity index (χ4n) is 0.985. The lowest BCUT2D eigenvalue weighted by Gasteiger charge is -2.06. The van der Waals surface area contributed by atoms with Crippen LogP contribution in [0.25, 0.3) is 0 Å². The van der Waals surface area contributed by atoms with Crippen LogP contribution < -0.4 is 5.32 Å². The molecule has 0 aromatic heterocycles. The molecule has 0 saturated heterocycles. The van der Waals surface area contributed by atoms with Gasteiger partial charge in [0.15, 0.2) is 11.5 Å². The zero-order valence-corrected chi connectivity index (χ0v) is 8.59. The first-order valence-corrected chi connectivity index (χ1v) is 4.37. The number of carbonyl (C=O) groups excluding carboxylic acids is 1. The Bertz CT molecular complexity index is 408. The Morgan fingerprint density at radius 2 is 2.07 bits per heavy atom. The van der Waals surface area contributed by atoms with Crippen LogP contribution in [0.15, 0.2) is 12.1 Å². The molecule has 0 spiro atoms. The predicted octanol–water partition coefficient (Wildman–Crippen LogP) is 0.865. The van der Waals surface area contributed by atoms with Gasteiger partial charge < -0.3 is 15.5 Å². The van der Waals surface area contributed by atoms with E-state index in [1.165, 1.54) is 13.1 Å². The summed E-state index contributed by atoms with van der Waals surface area (Å²) in [6.45, 7) is 0. The van der Waals surface area contributed by atoms with Crippen molar-refractivity contribution in [3.8, 4) is 11.5 Å². The van der Waals surface area contributed by atoms with Gasteiger partial charge in [-0.15, -0.1) is 0 Å². The van der Waals surface area contributed by atoms with Gasteiger partial charge in [-0.2, -0.15) is 0 Å². The first-order valence-electron chi connectivity index (χ1n) is 4.00. The van der Waals surface area contributed by atoms with Crippen molar-refractivity contribution in [2.75, 3.05) is 7.05 Å². The highest BCUT2D eigenvalue weighted by atomic mass is 35.5.